The van der Waals surface area contributed by atoms with Crippen molar-refractivity contribution < 1.29 is 43.3 Å². The normalized spacial score (nSPS) is 18.6. The number of methoxy groups -OCH3 is 1. The van der Waals surface area contributed by atoms with Gasteiger partial charge in [0.25, 0.3) is 5.91 Å². The fraction of sp³-hybridized carbons (Fsp3) is 0.333. The van der Waals surface area contributed by atoms with Crippen LogP contribution in [0.15, 0.2) is 40.9 Å². The van der Waals surface area contributed by atoms with Gasteiger partial charge in [0.05, 0.1) is 12.8 Å². The molecule has 0 saturated carbocycles. The average molecular weight is 592 g/mol. The van der Waals surface area contributed by atoms with Crippen molar-refractivity contribution in [3.63, 3.8) is 0 Å². The molecular formula is C24H25N5O9S2. The molecule has 0 bridgehead atoms. The zero-order chi connectivity index (χ0) is 29.0. The molecule has 0 radical (unpaired) electrons. The second-order valence-electron chi connectivity index (χ2n) is 8.55. The number of hydrogen-bond donors (Lipinski definition) is 4. The summed E-state index contributed by atoms with van der Waals surface area (Å²) in [7, 11) is 1.53. The van der Waals surface area contributed by atoms with Gasteiger partial charge in [-0.3, -0.25) is 19.3 Å². The first kappa shape index (κ1) is 28.7. The number of nitrogens with zero attached hydrogens (tertiary/aromatic N) is 2. The molecule has 3 amide bonds. The Bertz CT molecular complexity index is 1360. The second-order valence-corrected chi connectivity index (χ2v) is 10.5. The van der Waals surface area contributed by atoms with Crippen LogP contribution in [0.5, 0.6) is 5.75 Å². The van der Waals surface area contributed by atoms with Crippen molar-refractivity contribution in [3.05, 3.63) is 52.2 Å². The number of nitrogens with two attached hydrogens (primary N) is 1. The van der Waals surface area contributed by atoms with Gasteiger partial charge in [-0.25, -0.2) is 14.6 Å². The van der Waals surface area contributed by atoms with Gasteiger partial charge in [0.1, 0.15) is 36.1 Å². The van der Waals surface area contributed by atoms with Gasteiger partial charge in [0.2, 0.25) is 5.91 Å². The highest BCUT2D eigenvalue weighted by molar-refractivity contribution is 8.00. The summed E-state index contributed by atoms with van der Waals surface area (Å²) >= 11 is 2.26. The van der Waals surface area contributed by atoms with Crippen molar-refractivity contribution >= 4 is 58.1 Å². The number of hydrogen-bond acceptors (Lipinski definition) is 12. The number of anilines is 1. The second kappa shape index (κ2) is 12.3. The number of esters is 1. The topological polar surface area (TPSA) is 199 Å². The minimum Gasteiger partial charge on any atom is -0.497 e. The molecule has 16 heteroatoms. The SMILES string of the molecule is COc1ccc(COC(=O)NC(C(=O)N[C@H]2C(=O)N3C(C(=O)O)=C(COC(C)=O)CSC23)c2csc(N)n2)cc1. The molecule has 1 fully saturated rings. The molecule has 0 spiro atoms. The number of fused-ring (bicyclic) bond motifs is 1. The van der Waals surface area contributed by atoms with E-state index in [1.165, 1.54) is 31.2 Å². The minimum atomic E-state index is -1.36. The molecule has 1 saturated heterocycles. The Hall–Kier alpha value is -4.31. The molecule has 0 aliphatic carbocycles. The lowest BCUT2D eigenvalue weighted by Crippen LogP contribution is -2.71. The Morgan fingerprint density at radius 1 is 1.20 bits per heavy atom. The van der Waals surface area contributed by atoms with E-state index in [0.29, 0.717) is 11.3 Å². The summed E-state index contributed by atoms with van der Waals surface area (Å²) in [5, 5.41) is 15.7. The quantitative estimate of drug-likeness (QED) is 0.226. The molecule has 3 heterocycles. The number of ether oxygens (including phenoxy) is 3. The summed E-state index contributed by atoms with van der Waals surface area (Å²) in [5.41, 5.74) is 6.51. The maximum atomic E-state index is 13.3. The number of nitrogens with one attached hydrogen (secondary N) is 2. The van der Waals surface area contributed by atoms with E-state index in [1.807, 2.05) is 0 Å². The highest BCUT2D eigenvalue weighted by Gasteiger charge is 2.54. The molecular weight excluding hydrogens is 566 g/mol. The van der Waals surface area contributed by atoms with Gasteiger partial charge in [-0.2, -0.15) is 0 Å². The van der Waals surface area contributed by atoms with E-state index < -0.39 is 47.3 Å². The molecule has 1 aromatic carbocycles. The molecule has 40 heavy (non-hydrogen) atoms. The molecule has 14 nitrogen and oxygen atoms in total. The third kappa shape index (κ3) is 6.28. The number of carboxylic acid groups (broad SMARTS) is 1. The number of thioether (sulfide) groups is 1. The lowest BCUT2D eigenvalue weighted by Gasteiger charge is -2.49. The summed E-state index contributed by atoms with van der Waals surface area (Å²) in [4.78, 5) is 67.0. The smallest absolute Gasteiger partial charge is 0.408 e. The Kier molecular flexibility index (Phi) is 8.79. The number of thiazole rings is 1. The van der Waals surface area contributed by atoms with Gasteiger partial charge in [-0.15, -0.1) is 23.1 Å². The van der Waals surface area contributed by atoms with Gasteiger partial charge in [-0.05, 0) is 17.7 Å². The zero-order valence-electron chi connectivity index (χ0n) is 21.2. The van der Waals surface area contributed by atoms with Crippen LogP contribution in [0.1, 0.15) is 24.2 Å². The number of aromatic nitrogens is 1. The number of rotatable bonds is 10. The molecule has 3 atom stereocenters. The molecule has 5 N–H and O–H groups in total. The predicted molar refractivity (Wildman–Crippen MR) is 142 cm³/mol. The van der Waals surface area contributed by atoms with Gasteiger partial charge in [0, 0.05) is 23.6 Å². The van der Waals surface area contributed by atoms with Crippen LogP contribution in [0.3, 0.4) is 0 Å². The van der Waals surface area contributed by atoms with E-state index in [0.717, 1.165) is 16.2 Å². The van der Waals surface area contributed by atoms with E-state index in [2.05, 4.69) is 15.6 Å². The number of carbonyl (C=O) groups is 5. The number of aliphatic carboxylic acids is 1. The van der Waals surface area contributed by atoms with Crippen LogP contribution in [0.2, 0.25) is 0 Å². The molecule has 2 unspecified atom stereocenters. The van der Waals surface area contributed by atoms with Crippen LogP contribution in [0.4, 0.5) is 9.93 Å². The number of carbonyl (C=O) groups excluding carboxylic acids is 4. The molecule has 4 rings (SSSR count). The highest BCUT2D eigenvalue weighted by Crippen LogP contribution is 2.40. The number of β-lactam (4-membered cyclic amide) rings is 1. The first-order chi connectivity index (χ1) is 19.1. The average Bonchev–Trinajstić information content (AvgIpc) is 3.37. The third-order valence-corrected chi connectivity index (χ3v) is 7.92. The van der Waals surface area contributed by atoms with E-state index >= 15 is 0 Å². The van der Waals surface area contributed by atoms with Crippen LogP contribution >= 0.6 is 23.1 Å². The van der Waals surface area contributed by atoms with Crippen molar-refractivity contribution in [3.8, 4) is 5.75 Å². The number of amides is 3. The van der Waals surface area contributed by atoms with E-state index in [9.17, 15) is 29.1 Å². The Labute approximate surface area is 235 Å². The van der Waals surface area contributed by atoms with Crippen molar-refractivity contribution in [2.24, 2.45) is 0 Å². The first-order valence-corrected chi connectivity index (χ1v) is 13.6. The summed E-state index contributed by atoms with van der Waals surface area (Å²) in [6, 6.07) is 4.42. The van der Waals surface area contributed by atoms with Crippen LogP contribution in [0.25, 0.3) is 0 Å². The molecule has 212 valence electrons. The monoisotopic (exact) mass is 591 g/mol. The third-order valence-electron chi connectivity index (χ3n) is 5.89. The maximum absolute atomic E-state index is 13.3. The molecule has 2 aromatic rings. The van der Waals surface area contributed by atoms with Gasteiger partial charge in [0.15, 0.2) is 11.2 Å². The molecule has 2 aliphatic rings. The summed E-state index contributed by atoms with van der Waals surface area (Å²) < 4.78 is 15.3. The minimum absolute atomic E-state index is 0.0852. The predicted octanol–water partition coefficient (Wildman–Crippen LogP) is 1.00. The number of benzene rings is 1. The number of carboxylic acids is 1. The Morgan fingerprint density at radius 2 is 1.93 bits per heavy atom. The van der Waals surface area contributed by atoms with E-state index in [1.54, 1.807) is 24.3 Å². The lowest BCUT2D eigenvalue weighted by molar-refractivity contribution is -0.151. The van der Waals surface area contributed by atoms with E-state index in [-0.39, 0.29) is 41.1 Å². The number of alkyl carbamates (subject to hydrolysis) is 1. The van der Waals surface area contributed by atoms with Crippen LogP contribution in [0, 0.1) is 0 Å². The lowest BCUT2D eigenvalue weighted by atomic mass is 10.0. The van der Waals surface area contributed by atoms with Gasteiger partial charge >= 0.3 is 18.0 Å². The molecule has 1 aromatic heterocycles. The summed E-state index contributed by atoms with van der Waals surface area (Å²) in [6.07, 6.45) is -0.914. The van der Waals surface area contributed by atoms with Crippen molar-refractivity contribution in [1.82, 2.24) is 20.5 Å². The largest absolute Gasteiger partial charge is 0.497 e. The van der Waals surface area contributed by atoms with Crippen LogP contribution in [-0.4, -0.2) is 75.7 Å². The van der Waals surface area contributed by atoms with Gasteiger partial charge in [-0.1, -0.05) is 12.1 Å². The van der Waals surface area contributed by atoms with Gasteiger partial charge < -0.3 is 35.7 Å². The van der Waals surface area contributed by atoms with Crippen LogP contribution in [-0.2, 0) is 35.3 Å². The number of nitrogen functional groups attached to an aromatic ring is 1. The molecule has 2 aliphatic heterocycles. The first-order valence-electron chi connectivity index (χ1n) is 11.7. The fourth-order valence-electron chi connectivity index (χ4n) is 3.96. The standard InChI is InChI=1S/C24H25N5O9S2/c1-11(30)37-8-13-9-39-21-17(20(32)29(21)18(13)22(33)34)27-19(31)16(15-10-40-23(25)26-15)28-24(35)38-7-12-3-5-14(36-2)6-4-12/h3-6,10,16-17,21H,7-9H2,1-2H3,(H2,25,26)(H,27,31)(H,28,35)(H,33,34)/t16?,17-,21?/m0/s1. The van der Waals surface area contributed by atoms with Crippen LogP contribution < -0.4 is 21.1 Å². The Morgan fingerprint density at radius 3 is 2.52 bits per heavy atom. The van der Waals surface area contributed by atoms with Crippen molar-refractivity contribution in [2.45, 2.75) is 31.0 Å². The van der Waals surface area contributed by atoms with Crippen molar-refractivity contribution in [1.29, 1.82) is 0 Å². The summed E-state index contributed by atoms with van der Waals surface area (Å²) in [5.74, 6) is -2.58. The zero-order valence-corrected chi connectivity index (χ0v) is 22.9. The highest BCUT2D eigenvalue weighted by atomic mass is 32.2. The summed E-state index contributed by atoms with van der Waals surface area (Å²) in [6.45, 7) is 0.834. The fourth-order valence-corrected chi connectivity index (χ4v) is 5.87. The van der Waals surface area contributed by atoms with Crippen molar-refractivity contribution in [2.75, 3.05) is 25.2 Å². The van der Waals surface area contributed by atoms with E-state index in [4.69, 9.17) is 19.9 Å². The maximum Gasteiger partial charge on any atom is 0.408 e. The Balaban J connectivity index is 1.44.